The lowest BCUT2D eigenvalue weighted by Crippen LogP contribution is -2.47. The second kappa shape index (κ2) is 5.66. The third-order valence-corrected chi connectivity index (χ3v) is 3.61. The number of nitrogens with zero attached hydrogens (tertiary/aromatic N) is 1. The maximum atomic E-state index is 10.7. The van der Waals surface area contributed by atoms with Gasteiger partial charge in [-0.15, -0.1) is 11.8 Å². The van der Waals surface area contributed by atoms with E-state index in [1.54, 1.807) is 16.7 Å². The SMILES string of the molecule is [NH3+]SC(=S)N1CSCC1C(=O)O.[NH4+]. The molecule has 76 valence electrons. The minimum Gasteiger partial charge on any atom is -0.480 e. The van der Waals surface area contributed by atoms with Crippen LogP contribution in [0.3, 0.4) is 0 Å². The lowest BCUT2D eigenvalue weighted by atomic mass is 10.3. The quantitative estimate of drug-likeness (QED) is 0.442. The first-order chi connectivity index (χ1) is 5.66. The number of aliphatic carboxylic acids is 1. The Balaban J connectivity index is 0.00000144. The van der Waals surface area contributed by atoms with Gasteiger partial charge in [0.05, 0.1) is 5.88 Å². The summed E-state index contributed by atoms with van der Waals surface area (Å²) in [5.41, 5.74) is 0. The summed E-state index contributed by atoms with van der Waals surface area (Å²) in [7, 11) is 0. The summed E-state index contributed by atoms with van der Waals surface area (Å²) in [6.07, 6.45) is 0. The van der Waals surface area contributed by atoms with E-state index >= 15 is 0 Å². The van der Waals surface area contributed by atoms with Crippen LogP contribution in [0, 0.1) is 0 Å². The van der Waals surface area contributed by atoms with Crippen molar-refractivity contribution in [3.05, 3.63) is 0 Å². The van der Waals surface area contributed by atoms with Crippen molar-refractivity contribution in [2.75, 3.05) is 11.6 Å². The van der Waals surface area contributed by atoms with Gasteiger partial charge in [0.15, 0.2) is 4.32 Å². The number of quaternary nitrogens is 2. The average Bonchev–Trinajstić information content (AvgIpc) is 2.50. The normalized spacial score (nSPS) is 21.0. The van der Waals surface area contributed by atoms with Crippen LogP contribution in [-0.4, -0.2) is 38.0 Å². The number of carboxylic acid groups (broad SMARTS) is 1. The zero-order chi connectivity index (χ0) is 9.14. The molecule has 0 spiro atoms. The molecular weight excluding hydrogens is 230 g/mol. The molecule has 8 N–H and O–H groups in total. The van der Waals surface area contributed by atoms with E-state index in [4.69, 9.17) is 17.3 Å². The summed E-state index contributed by atoms with van der Waals surface area (Å²) in [5.74, 6) is 0.463. The lowest BCUT2D eigenvalue weighted by molar-refractivity contribution is -0.140. The molecule has 13 heavy (non-hydrogen) atoms. The Hall–Kier alpha value is -0.0200. The summed E-state index contributed by atoms with van der Waals surface area (Å²) < 4.78 is 0.562. The zero-order valence-electron chi connectivity index (χ0n) is 7.23. The number of thiocarbonyl (C=S) groups is 1. The largest absolute Gasteiger partial charge is 0.480 e. The van der Waals surface area contributed by atoms with Crippen LogP contribution in [-0.2, 0) is 4.79 Å². The van der Waals surface area contributed by atoms with E-state index in [1.807, 2.05) is 0 Å². The van der Waals surface area contributed by atoms with Crippen LogP contribution in [0.2, 0.25) is 0 Å². The van der Waals surface area contributed by atoms with E-state index < -0.39 is 12.0 Å². The van der Waals surface area contributed by atoms with Crippen LogP contribution in [0.4, 0.5) is 0 Å². The number of carboxylic acids is 1. The van der Waals surface area contributed by atoms with E-state index in [1.165, 1.54) is 11.9 Å². The van der Waals surface area contributed by atoms with Crippen LogP contribution in [0.25, 0.3) is 0 Å². The van der Waals surface area contributed by atoms with Crippen molar-refractivity contribution in [2.24, 2.45) is 0 Å². The monoisotopic (exact) mass is 243 g/mol. The molecule has 0 amide bonds. The Bertz CT molecular complexity index is 213. The summed E-state index contributed by atoms with van der Waals surface area (Å²) in [5, 5.41) is 12.3. The van der Waals surface area contributed by atoms with Crippen molar-refractivity contribution in [3.8, 4) is 0 Å². The molecule has 0 radical (unpaired) electrons. The topological polar surface area (TPSA) is 105 Å². The molecule has 5 nitrogen and oxygen atoms in total. The van der Waals surface area contributed by atoms with Gasteiger partial charge < -0.3 is 16.2 Å². The first-order valence-corrected chi connectivity index (χ1v) is 5.75. The Morgan fingerprint density at radius 1 is 1.77 bits per heavy atom. The number of hydrogen-bond acceptors (Lipinski definition) is 4. The maximum Gasteiger partial charge on any atom is 0.327 e. The molecule has 1 fully saturated rings. The molecule has 0 aromatic heterocycles. The van der Waals surface area contributed by atoms with E-state index in [-0.39, 0.29) is 6.15 Å². The molecule has 0 aromatic carbocycles. The first kappa shape index (κ1) is 13.0. The van der Waals surface area contributed by atoms with Crippen molar-refractivity contribution in [1.29, 1.82) is 0 Å². The Labute approximate surface area is 90.1 Å². The lowest BCUT2D eigenvalue weighted by Gasteiger charge is -2.19. The van der Waals surface area contributed by atoms with Crippen LogP contribution in [0.5, 0.6) is 0 Å². The highest BCUT2D eigenvalue weighted by atomic mass is 32.2. The van der Waals surface area contributed by atoms with Crippen molar-refractivity contribution in [1.82, 2.24) is 11.1 Å². The summed E-state index contributed by atoms with van der Waals surface area (Å²) in [4.78, 5) is 12.4. The van der Waals surface area contributed by atoms with Crippen molar-refractivity contribution < 1.29 is 15.0 Å². The molecule has 8 heteroatoms. The van der Waals surface area contributed by atoms with Gasteiger partial charge in [-0.1, -0.05) is 0 Å². The maximum absolute atomic E-state index is 10.7. The molecule has 1 aliphatic rings. The van der Waals surface area contributed by atoms with E-state index in [9.17, 15) is 4.79 Å². The second-order valence-electron chi connectivity index (χ2n) is 2.23. The third kappa shape index (κ3) is 2.99. The number of carbonyl (C=O) groups is 1. The third-order valence-electron chi connectivity index (χ3n) is 1.53. The number of thioether (sulfide) groups is 1. The van der Waals surface area contributed by atoms with Crippen molar-refractivity contribution >= 4 is 46.2 Å². The zero-order valence-corrected chi connectivity index (χ0v) is 9.68. The number of hydrogen-bond donors (Lipinski definition) is 3. The van der Waals surface area contributed by atoms with Gasteiger partial charge in [-0.25, -0.2) is 4.79 Å². The van der Waals surface area contributed by atoms with Crippen LogP contribution in [0.1, 0.15) is 0 Å². The predicted octanol–water partition coefficient (Wildman–Crippen LogP) is -0.00290. The van der Waals surface area contributed by atoms with Gasteiger partial charge in [0.1, 0.15) is 18.0 Å². The van der Waals surface area contributed by atoms with Crippen molar-refractivity contribution in [2.45, 2.75) is 6.04 Å². The predicted molar refractivity (Wildman–Crippen MR) is 59.6 cm³/mol. The van der Waals surface area contributed by atoms with Crippen molar-refractivity contribution in [3.63, 3.8) is 0 Å². The molecule has 1 aliphatic heterocycles. The van der Waals surface area contributed by atoms with Crippen LogP contribution >= 0.6 is 35.9 Å². The minimum atomic E-state index is -0.809. The molecule has 1 atom stereocenters. The molecule has 1 heterocycles. The van der Waals surface area contributed by atoms with Gasteiger partial charge in [0, 0.05) is 5.75 Å². The standard InChI is InChI=1S/C5H8N2O2S3.H3N/c6-12-5(10)7-2-11-1-3(7)4(8)9;/h3H,1-2,6H2,(H,8,9);1H3/p+2. The van der Waals surface area contributed by atoms with Gasteiger partial charge in [-0.2, -0.15) is 0 Å². The summed E-state index contributed by atoms with van der Waals surface area (Å²) >= 11 is 7.71. The second-order valence-corrected chi connectivity index (χ2v) is 4.55. The van der Waals surface area contributed by atoms with Gasteiger partial charge in [0.25, 0.3) is 0 Å². The molecule has 1 unspecified atom stereocenters. The molecule has 0 bridgehead atoms. The first-order valence-electron chi connectivity index (χ1n) is 3.20. The average molecular weight is 243 g/mol. The molecule has 0 aliphatic carbocycles. The molecule has 0 saturated carbocycles. The summed E-state index contributed by atoms with van der Waals surface area (Å²) in [6, 6.07) is -0.461. The summed E-state index contributed by atoms with van der Waals surface area (Å²) in [6.45, 7) is 0. The van der Waals surface area contributed by atoms with E-state index in [0.717, 1.165) is 0 Å². The van der Waals surface area contributed by atoms with Gasteiger partial charge >= 0.3 is 5.97 Å². The van der Waals surface area contributed by atoms with E-state index in [2.05, 4.69) is 5.14 Å². The van der Waals surface area contributed by atoms with Crippen LogP contribution in [0.15, 0.2) is 0 Å². The fraction of sp³-hybridized carbons (Fsp3) is 0.600. The van der Waals surface area contributed by atoms with Crippen LogP contribution < -0.4 is 11.3 Å². The highest BCUT2D eigenvalue weighted by Gasteiger charge is 2.33. The Morgan fingerprint density at radius 2 is 2.38 bits per heavy atom. The minimum absolute atomic E-state index is 0. The molecule has 0 aromatic rings. The van der Waals surface area contributed by atoms with E-state index in [0.29, 0.717) is 16.0 Å². The fourth-order valence-electron chi connectivity index (χ4n) is 0.910. The molecular formula is C5H13N3O2S3+2. The Kier molecular flexibility index (Phi) is 5.65. The fourth-order valence-corrected chi connectivity index (χ4v) is 2.78. The van der Waals surface area contributed by atoms with Gasteiger partial charge in [-0.3, -0.25) is 5.14 Å². The molecule has 1 saturated heterocycles. The highest BCUT2D eigenvalue weighted by molar-refractivity contribution is 8.18. The molecule has 1 rings (SSSR count). The Morgan fingerprint density at radius 3 is 2.85 bits per heavy atom. The van der Waals surface area contributed by atoms with Gasteiger partial charge in [-0.05, 0) is 12.2 Å². The number of rotatable bonds is 1. The van der Waals surface area contributed by atoms with Gasteiger partial charge in [0.2, 0.25) is 0 Å². The highest BCUT2D eigenvalue weighted by Crippen LogP contribution is 2.23. The smallest absolute Gasteiger partial charge is 0.327 e.